The van der Waals surface area contributed by atoms with Gasteiger partial charge in [-0.2, -0.15) is 0 Å². The van der Waals surface area contributed by atoms with Crippen molar-refractivity contribution in [3.05, 3.63) is 39.9 Å². The minimum atomic E-state index is 0.153. The number of aryl methyl sites for hydroxylation is 1. The molecule has 1 aliphatic heterocycles. The number of benzene rings is 1. The van der Waals surface area contributed by atoms with Crippen LogP contribution in [0.25, 0.3) is 10.9 Å². The Hall–Kier alpha value is -1.64. The average Bonchev–Trinajstić information content (AvgIpc) is 3.04. The zero-order valence-electron chi connectivity index (χ0n) is 9.81. The molecule has 4 rings (SSSR count). The molecule has 2 aliphatic rings. The Bertz CT molecular complexity index is 686. The molecule has 86 valence electrons. The first-order valence-corrected chi connectivity index (χ1v) is 6.31. The lowest BCUT2D eigenvalue weighted by Gasteiger charge is -2.08. The third-order valence-electron chi connectivity index (χ3n) is 4.13. The lowest BCUT2D eigenvalue weighted by atomic mass is 10.1. The van der Waals surface area contributed by atoms with Crippen molar-refractivity contribution >= 4 is 10.9 Å². The lowest BCUT2D eigenvalue weighted by molar-refractivity contribution is 0.642. The molecule has 0 saturated heterocycles. The summed E-state index contributed by atoms with van der Waals surface area (Å²) in [5, 5.41) is 0.771. The minimum Gasteiger partial charge on any atom is -0.296 e. The summed E-state index contributed by atoms with van der Waals surface area (Å²) in [5.74, 6) is 2.29. The molecule has 1 saturated carbocycles. The Labute approximate surface area is 99.1 Å². The molecule has 0 N–H and O–H groups in total. The Kier molecular flexibility index (Phi) is 1.64. The molecule has 0 bridgehead atoms. The zero-order valence-corrected chi connectivity index (χ0v) is 9.81. The second kappa shape index (κ2) is 2.97. The molecule has 3 nitrogen and oxygen atoms in total. The predicted octanol–water partition coefficient (Wildman–Crippen LogP) is 2.08. The highest BCUT2D eigenvalue weighted by molar-refractivity contribution is 5.78. The van der Waals surface area contributed by atoms with Crippen molar-refractivity contribution in [1.82, 2.24) is 9.55 Å². The van der Waals surface area contributed by atoms with Crippen LogP contribution in [0.4, 0.5) is 0 Å². The summed E-state index contributed by atoms with van der Waals surface area (Å²) in [6, 6.07) is 6.03. The topological polar surface area (TPSA) is 34.9 Å². The van der Waals surface area contributed by atoms with Crippen LogP contribution >= 0.6 is 0 Å². The fourth-order valence-corrected chi connectivity index (χ4v) is 2.96. The van der Waals surface area contributed by atoms with E-state index in [0.717, 1.165) is 29.7 Å². The van der Waals surface area contributed by atoms with Gasteiger partial charge in [-0.3, -0.25) is 9.36 Å². The zero-order chi connectivity index (χ0) is 11.6. The Morgan fingerprint density at radius 1 is 1.47 bits per heavy atom. The average molecular weight is 226 g/mol. The number of fused-ring (bicyclic) bond motifs is 4. The molecule has 3 heteroatoms. The molecule has 2 atom stereocenters. The van der Waals surface area contributed by atoms with Gasteiger partial charge in [-0.1, -0.05) is 13.0 Å². The standard InChI is InChI=1S/C14H14N2O/c1-2-8-3-4-10-12(5-8)15-13-11-6-9(11)7-16(13)14(10)17/h3-5,9,11H,2,6-7H2,1H3. The molecular weight excluding hydrogens is 212 g/mol. The smallest absolute Gasteiger partial charge is 0.261 e. The van der Waals surface area contributed by atoms with Crippen molar-refractivity contribution in [3.8, 4) is 0 Å². The second-order valence-electron chi connectivity index (χ2n) is 5.19. The van der Waals surface area contributed by atoms with Crippen LogP contribution in [0.2, 0.25) is 0 Å². The maximum Gasteiger partial charge on any atom is 0.261 e. The highest BCUT2D eigenvalue weighted by Gasteiger charge is 2.47. The van der Waals surface area contributed by atoms with Crippen molar-refractivity contribution in [2.75, 3.05) is 0 Å². The van der Waals surface area contributed by atoms with E-state index in [-0.39, 0.29) is 5.56 Å². The Balaban J connectivity index is 2.06. The van der Waals surface area contributed by atoms with E-state index in [4.69, 9.17) is 4.98 Å². The van der Waals surface area contributed by atoms with Crippen LogP contribution < -0.4 is 5.56 Å². The van der Waals surface area contributed by atoms with Gasteiger partial charge in [0.1, 0.15) is 5.82 Å². The minimum absolute atomic E-state index is 0.153. The summed E-state index contributed by atoms with van der Waals surface area (Å²) in [5.41, 5.74) is 2.28. The molecule has 1 aliphatic carbocycles. The molecule has 2 unspecified atom stereocenters. The van der Waals surface area contributed by atoms with Crippen LogP contribution in [0, 0.1) is 5.92 Å². The van der Waals surface area contributed by atoms with Gasteiger partial charge in [-0.25, -0.2) is 4.98 Å². The van der Waals surface area contributed by atoms with Gasteiger partial charge < -0.3 is 0 Å². The second-order valence-corrected chi connectivity index (χ2v) is 5.19. The van der Waals surface area contributed by atoms with Crippen LogP contribution in [-0.2, 0) is 13.0 Å². The number of aromatic nitrogens is 2. The summed E-state index contributed by atoms with van der Waals surface area (Å²) in [4.78, 5) is 17.0. The van der Waals surface area contributed by atoms with E-state index < -0.39 is 0 Å². The fourth-order valence-electron chi connectivity index (χ4n) is 2.96. The number of hydrogen-bond acceptors (Lipinski definition) is 2. The van der Waals surface area contributed by atoms with Crippen molar-refractivity contribution in [1.29, 1.82) is 0 Å². The molecule has 0 spiro atoms. The molecule has 2 heterocycles. The summed E-state index contributed by atoms with van der Waals surface area (Å²) < 4.78 is 1.88. The first kappa shape index (κ1) is 9.40. The van der Waals surface area contributed by atoms with E-state index >= 15 is 0 Å². The third-order valence-corrected chi connectivity index (χ3v) is 4.13. The Morgan fingerprint density at radius 2 is 2.35 bits per heavy atom. The van der Waals surface area contributed by atoms with Crippen LogP contribution in [0.1, 0.15) is 30.7 Å². The molecule has 1 fully saturated rings. The highest BCUT2D eigenvalue weighted by Crippen LogP contribution is 2.52. The van der Waals surface area contributed by atoms with Gasteiger partial charge in [0.2, 0.25) is 0 Å². The van der Waals surface area contributed by atoms with Crippen molar-refractivity contribution in [3.63, 3.8) is 0 Å². The first-order valence-electron chi connectivity index (χ1n) is 6.31. The quantitative estimate of drug-likeness (QED) is 0.746. The molecule has 17 heavy (non-hydrogen) atoms. The summed E-state index contributed by atoms with van der Waals surface area (Å²) in [7, 11) is 0. The lowest BCUT2D eigenvalue weighted by Crippen LogP contribution is -2.22. The SMILES string of the molecule is CCc1ccc2c(=O)n3c(nc2c1)C1CC1C3. The van der Waals surface area contributed by atoms with Crippen molar-refractivity contribution in [2.24, 2.45) is 5.92 Å². The van der Waals surface area contributed by atoms with E-state index in [2.05, 4.69) is 13.0 Å². The number of rotatable bonds is 1. The van der Waals surface area contributed by atoms with Crippen LogP contribution in [0.3, 0.4) is 0 Å². The van der Waals surface area contributed by atoms with Crippen molar-refractivity contribution < 1.29 is 0 Å². The first-order chi connectivity index (χ1) is 8.28. The van der Waals surface area contributed by atoms with E-state index in [9.17, 15) is 4.79 Å². The number of hydrogen-bond donors (Lipinski definition) is 0. The van der Waals surface area contributed by atoms with Crippen LogP contribution in [0.15, 0.2) is 23.0 Å². The molecule has 0 radical (unpaired) electrons. The normalized spacial score (nSPS) is 24.8. The predicted molar refractivity (Wildman–Crippen MR) is 66.2 cm³/mol. The van der Waals surface area contributed by atoms with Gasteiger partial charge in [-0.05, 0) is 36.5 Å². The summed E-state index contributed by atoms with van der Waals surface area (Å²) in [6.45, 7) is 3.01. The number of nitrogens with zero attached hydrogens (tertiary/aromatic N) is 2. The van der Waals surface area contributed by atoms with E-state index in [1.807, 2.05) is 16.7 Å². The van der Waals surface area contributed by atoms with Gasteiger partial charge in [-0.15, -0.1) is 0 Å². The largest absolute Gasteiger partial charge is 0.296 e. The van der Waals surface area contributed by atoms with Gasteiger partial charge in [0.05, 0.1) is 10.9 Å². The molecular formula is C14H14N2O. The van der Waals surface area contributed by atoms with E-state index in [0.29, 0.717) is 11.8 Å². The van der Waals surface area contributed by atoms with Crippen LogP contribution in [-0.4, -0.2) is 9.55 Å². The Morgan fingerprint density at radius 3 is 3.18 bits per heavy atom. The molecule has 2 aromatic rings. The highest BCUT2D eigenvalue weighted by atomic mass is 16.1. The molecule has 1 aromatic carbocycles. The van der Waals surface area contributed by atoms with Gasteiger partial charge in [0.15, 0.2) is 0 Å². The van der Waals surface area contributed by atoms with Crippen molar-refractivity contribution in [2.45, 2.75) is 32.2 Å². The van der Waals surface area contributed by atoms with E-state index in [1.165, 1.54) is 12.0 Å². The van der Waals surface area contributed by atoms with Gasteiger partial charge in [0.25, 0.3) is 5.56 Å². The maximum absolute atomic E-state index is 12.3. The third kappa shape index (κ3) is 1.17. The molecule has 0 amide bonds. The molecule has 1 aromatic heterocycles. The van der Waals surface area contributed by atoms with E-state index in [1.54, 1.807) is 0 Å². The van der Waals surface area contributed by atoms with Crippen LogP contribution in [0.5, 0.6) is 0 Å². The van der Waals surface area contributed by atoms with Gasteiger partial charge in [0, 0.05) is 12.5 Å². The monoisotopic (exact) mass is 226 g/mol. The maximum atomic E-state index is 12.3. The summed E-state index contributed by atoms with van der Waals surface area (Å²) >= 11 is 0. The van der Waals surface area contributed by atoms with Gasteiger partial charge >= 0.3 is 0 Å². The fraction of sp³-hybridized carbons (Fsp3) is 0.429. The summed E-state index contributed by atoms with van der Waals surface area (Å²) in [6.07, 6.45) is 2.22.